The van der Waals surface area contributed by atoms with Crippen molar-refractivity contribution in [3.8, 4) is 0 Å². The molecule has 2 N–H and O–H groups in total. The highest BCUT2D eigenvalue weighted by Gasteiger charge is 2.37. The highest BCUT2D eigenvalue weighted by molar-refractivity contribution is 5.73. The van der Waals surface area contributed by atoms with Gasteiger partial charge in [-0.3, -0.25) is 14.9 Å². The van der Waals surface area contributed by atoms with E-state index in [1.54, 1.807) is 11.0 Å². The normalized spacial score (nSPS) is 19.9. The highest BCUT2D eigenvalue weighted by atomic mass is 19.4. The molecule has 1 fully saturated rings. The largest absolute Gasteiger partial charge is 0.416 e. The summed E-state index contributed by atoms with van der Waals surface area (Å²) in [6.07, 6.45) is -3.66. The molecule has 2 aromatic heterocycles. The van der Waals surface area contributed by atoms with Crippen molar-refractivity contribution in [2.24, 2.45) is 0 Å². The molecule has 3 aromatic rings. The van der Waals surface area contributed by atoms with Crippen LogP contribution >= 0.6 is 0 Å². The molecule has 0 radical (unpaired) electrons. The smallest absolute Gasteiger partial charge is 0.364 e. The van der Waals surface area contributed by atoms with E-state index in [9.17, 15) is 18.0 Å². The molecule has 28 heavy (non-hydrogen) atoms. The Hall–Kier alpha value is -2.88. The number of benzene rings is 1. The third-order valence-corrected chi connectivity index (χ3v) is 4.61. The van der Waals surface area contributed by atoms with Crippen LogP contribution in [0.3, 0.4) is 0 Å². The standard InChI is InChI=1S/C18H18F3N5O2/c1-17(2)9-26(16-23-14-12(7-22-25-14)15(27)24-16)8-13(28-17)10-4-3-5-11(6-10)18(19,20)21/h3-7,13H,8-9H2,1-2H3,(H2,22,23,24,25,27)/t13-/m0/s1. The molecule has 148 valence electrons. The van der Waals surface area contributed by atoms with Crippen molar-refractivity contribution >= 4 is 17.0 Å². The van der Waals surface area contributed by atoms with Gasteiger partial charge in [0.2, 0.25) is 5.95 Å². The Morgan fingerprint density at radius 2 is 2.11 bits per heavy atom. The number of nitrogens with zero attached hydrogens (tertiary/aromatic N) is 3. The number of aromatic amines is 2. The van der Waals surface area contributed by atoms with E-state index in [0.717, 1.165) is 12.1 Å². The fourth-order valence-electron chi connectivity index (χ4n) is 3.42. The van der Waals surface area contributed by atoms with E-state index in [1.807, 2.05) is 13.8 Å². The van der Waals surface area contributed by atoms with Crippen molar-refractivity contribution in [3.63, 3.8) is 0 Å². The number of fused-ring (bicyclic) bond motifs is 1. The summed E-state index contributed by atoms with van der Waals surface area (Å²) in [6, 6.07) is 5.09. The number of ether oxygens (including phenoxy) is 1. The molecule has 1 aromatic carbocycles. The lowest BCUT2D eigenvalue weighted by Gasteiger charge is -2.43. The van der Waals surface area contributed by atoms with Crippen molar-refractivity contribution in [2.45, 2.75) is 31.7 Å². The van der Waals surface area contributed by atoms with Crippen LogP contribution < -0.4 is 10.5 Å². The second-order valence-corrected chi connectivity index (χ2v) is 7.39. The minimum atomic E-state index is -4.43. The predicted molar refractivity (Wildman–Crippen MR) is 96.1 cm³/mol. The molecule has 1 atom stereocenters. The lowest BCUT2D eigenvalue weighted by Crippen LogP contribution is -2.50. The SMILES string of the molecule is CC1(C)CN(c2nc3[nH]ncc3c(=O)[nH]2)C[C@@H](c2cccc(C(F)(F)F)c2)O1. The average Bonchev–Trinajstić information content (AvgIpc) is 3.09. The van der Waals surface area contributed by atoms with Crippen LogP contribution in [0.5, 0.6) is 0 Å². The number of alkyl halides is 3. The van der Waals surface area contributed by atoms with Crippen molar-refractivity contribution in [3.05, 3.63) is 51.9 Å². The van der Waals surface area contributed by atoms with Crippen LogP contribution in [0.4, 0.5) is 19.1 Å². The van der Waals surface area contributed by atoms with Crippen LogP contribution in [0.25, 0.3) is 11.0 Å². The number of rotatable bonds is 2. The van der Waals surface area contributed by atoms with Gasteiger partial charge in [-0.05, 0) is 31.5 Å². The number of H-pyrrole nitrogens is 2. The molecule has 1 aliphatic rings. The second-order valence-electron chi connectivity index (χ2n) is 7.39. The number of morpholine rings is 1. The summed E-state index contributed by atoms with van der Waals surface area (Å²) in [4.78, 5) is 21.1. The van der Waals surface area contributed by atoms with E-state index >= 15 is 0 Å². The van der Waals surface area contributed by atoms with Gasteiger partial charge in [-0.1, -0.05) is 12.1 Å². The molecular weight excluding hydrogens is 375 g/mol. The summed E-state index contributed by atoms with van der Waals surface area (Å²) < 4.78 is 45.3. The van der Waals surface area contributed by atoms with E-state index in [2.05, 4.69) is 20.2 Å². The Morgan fingerprint density at radius 1 is 1.32 bits per heavy atom. The zero-order chi connectivity index (χ0) is 20.1. The maximum Gasteiger partial charge on any atom is 0.416 e. The fourth-order valence-corrected chi connectivity index (χ4v) is 3.42. The van der Waals surface area contributed by atoms with Crippen molar-refractivity contribution in [1.82, 2.24) is 20.2 Å². The van der Waals surface area contributed by atoms with Gasteiger partial charge in [-0.2, -0.15) is 23.3 Å². The Bertz CT molecular complexity index is 1070. The van der Waals surface area contributed by atoms with E-state index in [1.165, 1.54) is 12.3 Å². The van der Waals surface area contributed by atoms with Gasteiger partial charge in [0.15, 0.2) is 5.65 Å². The first-order chi connectivity index (χ1) is 13.1. The molecule has 1 aliphatic heterocycles. The second kappa shape index (κ2) is 6.33. The first-order valence-electron chi connectivity index (χ1n) is 8.66. The van der Waals surface area contributed by atoms with Crippen LogP contribution in [0.15, 0.2) is 35.3 Å². The van der Waals surface area contributed by atoms with E-state index < -0.39 is 23.4 Å². The van der Waals surface area contributed by atoms with Crippen LogP contribution in [0, 0.1) is 0 Å². The van der Waals surface area contributed by atoms with Gasteiger partial charge in [0, 0.05) is 6.54 Å². The van der Waals surface area contributed by atoms with E-state index in [4.69, 9.17) is 4.74 Å². The quantitative estimate of drug-likeness (QED) is 0.699. The number of aromatic nitrogens is 4. The number of anilines is 1. The van der Waals surface area contributed by atoms with Crippen LogP contribution in [0.2, 0.25) is 0 Å². The third kappa shape index (κ3) is 3.47. The van der Waals surface area contributed by atoms with Gasteiger partial charge in [-0.15, -0.1) is 0 Å². The Morgan fingerprint density at radius 3 is 2.86 bits per heavy atom. The molecule has 1 saturated heterocycles. The number of halogens is 3. The lowest BCUT2D eigenvalue weighted by molar-refractivity contribution is -0.137. The number of hydrogen-bond donors (Lipinski definition) is 2. The molecule has 3 heterocycles. The van der Waals surface area contributed by atoms with Gasteiger partial charge in [0.05, 0.1) is 23.9 Å². The molecule has 7 nitrogen and oxygen atoms in total. The lowest BCUT2D eigenvalue weighted by atomic mass is 10.00. The summed E-state index contributed by atoms with van der Waals surface area (Å²) >= 11 is 0. The highest BCUT2D eigenvalue weighted by Crippen LogP contribution is 2.35. The van der Waals surface area contributed by atoms with Gasteiger partial charge in [-0.25, -0.2) is 0 Å². The van der Waals surface area contributed by atoms with Gasteiger partial charge < -0.3 is 9.64 Å². The maximum absolute atomic E-state index is 13.1. The van der Waals surface area contributed by atoms with Crippen molar-refractivity contribution in [1.29, 1.82) is 0 Å². The van der Waals surface area contributed by atoms with Gasteiger partial charge in [0.25, 0.3) is 5.56 Å². The summed E-state index contributed by atoms with van der Waals surface area (Å²) in [5, 5.41) is 6.82. The van der Waals surface area contributed by atoms with Gasteiger partial charge >= 0.3 is 6.18 Å². The summed E-state index contributed by atoms with van der Waals surface area (Å²) in [5.41, 5.74) is -0.975. The van der Waals surface area contributed by atoms with Crippen molar-refractivity contribution < 1.29 is 17.9 Å². The molecule has 0 spiro atoms. The fraction of sp³-hybridized carbons (Fsp3) is 0.389. The zero-order valence-corrected chi connectivity index (χ0v) is 15.2. The van der Waals surface area contributed by atoms with Crippen LogP contribution in [-0.4, -0.2) is 38.9 Å². The maximum atomic E-state index is 13.1. The summed E-state index contributed by atoms with van der Waals surface area (Å²) in [7, 11) is 0. The van der Waals surface area contributed by atoms with Crippen LogP contribution in [-0.2, 0) is 10.9 Å². The predicted octanol–water partition coefficient (Wildman–Crippen LogP) is 3.02. The molecule has 0 amide bonds. The molecule has 0 saturated carbocycles. The minimum Gasteiger partial charge on any atom is -0.364 e. The van der Waals surface area contributed by atoms with E-state index in [0.29, 0.717) is 29.1 Å². The van der Waals surface area contributed by atoms with Gasteiger partial charge in [0.1, 0.15) is 11.5 Å². The van der Waals surface area contributed by atoms with E-state index in [-0.39, 0.29) is 12.1 Å². The molecule has 4 rings (SSSR count). The Labute approximate surface area is 157 Å². The summed E-state index contributed by atoms with van der Waals surface area (Å²) in [6.45, 7) is 4.33. The first kappa shape index (κ1) is 18.5. The number of nitrogens with one attached hydrogen (secondary N) is 2. The third-order valence-electron chi connectivity index (χ3n) is 4.61. The number of hydrogen-bond acceptors (Lipinski definition) is 5. The summed E-state index contributed by atoms with van der Waals surface area (Å²) in [5.74, 6) is 0.315. The molecular formula is C18H18F3N5O2. The monoisotopic (exact) mass is 393 g/mol. The van der Waals surface area contributed by atoms with Crippen molar-refractivity contribution in [2.75, 3.05) is 18.0 Å². The molecule has 0 aliphatic carbocycles. The molecule has 0 unspecified atom stereocenters. The minimum absolute atomic E-state index is 0.243. The zero-order valence-electron chi connectivity index (χ0n) is 15.2. The Kier molecular flexibility index (Phi) is 4.18. The van der Waals surface area contributed by atoms with Crippen LogP contribution in [0.1, 0.15) is 31.1 Å². The molecule has 10 heteroatoms. The topological polar surface area (TPSA) is 86.9 Å². The molecule has 0 bridgehead atoms. The first-order valence-corrected chi connectivity index (χ1v) is 8.66. The Balaban J connectivity index is 1.70. The average molecular weight is 393 g/mol.